The van der Waals surface area contributed by atoms with Gasteiger partial charge in [0.2, 0.25) is 5.89 Å². The zero-order valence-electron chi connectivity index (χ0n) is 16.5. The Balaban J connectivity index is 1.65. The number of hydrogen-bond donors (Lipinski definition) is 2. The monoisotopic (exact) mass is 374 g/mol. The van der Waals surface area contributed by atoms with Gasteiger partial charge in [0.05, 0.1) is 18.9 Å². The van der Waals surface area contributed by atoms with Gasteiger partial charge in [-0.05, 0) is 25.5 Å². The van der Waals surface area contributed by atoms with Gasteiger partial charge in [-0.25, -0.2) is 4.98 Å². The van der Waals surface area contributed by atoms with E-state index < -0.39 is 0 Å². The quantitative estimate of drug-likeness (QED) is 0.357. The summed E-state index contributed by atoms with van der Waals surface area (Å²) in [6.45, 7) is 5.55. The lowest BCUT2D eigenvalue weighted by Gasteiger charge is -2.11. The molecule has 7 nitrogen and oxygen atoms in total. The molecular formula is C20H30N4O3. The molecule has 0 spiro atoms. The molecule has 2 rings (SSSR count). The Morgan fingerprint density at radius 2 is 1.89 bits per heavy atom. The fourth-order valence-electron chi connectivity index (χ4n) is 2.41. The van der Waals surface area contributed by atoms with E-state index in [1.807, 2.05) is 12.1 Å². The average molecular weight is 374 g/mol. The summed E-state index contributed by atoms with van der Waals surface area (Å²) in [5.41, 5.74) is 3.13. The first kappa shape index (κ1) is 20.9. The molecule has 0 aliphatic carbocycles. The summed E-state index contributed by atoms with van der Waals surface area (Å²) in [4.78, 5) is 8.77. The highest BCUT2D eigenvalue weighted by molar-refractivity contribution is 5.79. The fourth-order valence-corrected chi connectivity index (χ4v) is 2.41. The number of aromatic nitrogens is 1. The van der Waals surface area contributed by atoms with E-state index in [0.717, 1.165) is 43.1 Å². The molecule has 0 saturated heterocycles. The van der Waals surface area contributed by atoms with Crippen molar-refractivity contribution in [3.05, 3.63) is 41.8 Å². The number of ether oxygens (including phenoxy) is 2. The maximum atomic E-state index is 5.59. The van der Waals surface area contributed by atoms with Gasteiger partial charge in [0.15, 0.2) is 5.96 Å². The zero-order valence-corrected chi connectivity index (χ0v) is 16.5. The second-order valence-electron chi connectivity index (χ2n) is 6.14. The van der Waals surface area contributed by atoms with Crippen LogP contribution in [-0.4, -0.2) is 58.0 Å². The van der Waals surface area contributed by atoms with Gasteiger partial charge in [0, 0.05) is 45.8 Å². The summed E-state index contributed by atoms with van der Waals surface area (Å²) in [5, 5.41) is 6.55. The molecule has 0 aliphatic heterocycles. The SMILES string of the molecule is CN=C(NCCCOCCOC)NCCc1coc(-c2ccc(C)cc2)n1. The van der Waals surface area contributed by atoms with Gasteiger partial charge < -0.3 is 24.5 Å². The van der Waals surface area contributed by atoms with Crippen LogP contribution in [-0.2, 0) is 15.9 Å². The Morgan fingerprint density at radius 1 is 1.11 bits per heavy atom. The molecule has 0 amide bonds. The molecule has 1 heterocycles. The van der Waals surface area contributed by atoms with Crippen molar-refractivity contribution in [1.29, 1.82) is 0 Å². The van der Waals surface area contributed by atoms with Crippen molar-refractivity contribution in [2.75, 3.05) is 47.1 Å². The van der Waals surface area contributed by atoms with Gasteiger partial charge in [-0.3, -0.25) is 4.99 Å². The van der Waals surface area contributed by atoms with Crippen LogP contribution in [0.1, 0.15) is 17.7 Å². The van der Waals surface area contributed by atoms with E-state index in [9.17, 15) is 0 Å². The highest BCUT2D eigenvalue weighted by Crippen LogP contribution is 2.19. The number of guanidine groups is 1. The fraction of sp³-hybridized carbons (Fsp3) is 0.500. The molecule has 2 N–H and O–H groups in total. The smallest absolute Gasteiger partial charge is 0.226 e. The third-order valence-electron chi connectivity index (χ3n) is 3.94. The Hall–Kier alpha value is -2.38. The summed E-state index contributed by atoms with van der Waals surface area (Å²) in [5.74, 6) is 1.43. The average Bonchev–Trinajstić information content (AvgIpc) is 3.15. The molecule has 0 saturated carbocycles. The number of benzene rings is 1. The molecule has 1 aromatic heterocycles. The summed E-state index contributed by atoms with van der Waals surface area (Å²) in [7, 11) is 3.43. The Labute approximate surface area is 161 Å². The van der Waals surface area contributed by atoms with Crippen LogP contribution in [0.3, 0.4) is 0 Å². The van der Waals surface area contributed by atoms with Crippen molar-refractivity contribution in [3.8, 4) is 11.5 Å². The van der Waals surface area contributed by atoms with Crippen LogP contribution in [0.25, 0.3) is 11.5 Å². The van der Waals surface area contributed by atoms with Crippen molar-refractivity contribution in [2.45, 2.75) is 19.8 Å². The van der Waals surface area contributed by atoms with E-state index in [0.29, 0.717) is 25.7 Å². The summed E-state index contributed by atoms with van der Waals surface area (Å²) < 4.78 is 16.0. The van der Waals surface area contributed by atoms with Crippen molar-refractivity contribution in [1.82, 2.24) is 15.6 Å². The normalized spacial score (nSPS) is 11.6. The van der Waals surface area contributed by atoms with E-state index in [4.69, 9.17) is 13.9 Å². The number of nitrogens with zero attached hydrogens (tertiary/aromatic N) is 2. The highest BCUT2D eigenvalue weighted by Gasteiger charge is 2.06. The Kier molecular flexibility index (Phi) is 9.37. The van der Waals surface area contributed by atoms with Crippen molar-refractivity contribution < 1.29 is 13.9 Å². The predicted octanol–water partition coefficient (Wildman–Crippen LogP) is 2.41. The van der Waals surface area contributed by atoms with Gasteiger partial charge in [0.25, 0.3) is 0 Å². The molecule has 1 aromatic carbocycles. The first-order chi connectivity index (χ1) is 13.2. The second kappa shape index (κ2) is 12.1. The number of hydrogen-bond acceptors (Lipinski definition) is 5. The van der Waals surface area contributed by atoms with Crippen LogP contribution in [0, 0.1) is 6.92 Å². The molecule has 0 unspecified atom stereocenters. The van der Waals surface area contributed by atoms with Gasteiger partial charge in [-0.1, -0.05) is 17.7 Å². The molecule has 148 valence electrons. The molecule has 7 heteroatoms. The topological polar surface area (TPSA) is 80.9 Å². The Bertz CT molecular complexity index is 683. The van der Waals surface area contributed by atoms with Crippen LogP contribution in [0.4, 0.5) is 0 Å². The first-order valence-corrected chi connectivity index (χ1v) is 9.25. The minimum atomic E-state index is 0.629. The number of aryl methyl sites for hydroxylation is 1. The molecule has 27 heavy (non-hydrogen) atoms. The summed E-state index contributed by atoms with van der Waals surface area (Å²) in [6.07, 6.45) is 3.38. The Morgan fingerprint density at radius 3 is 2.63 bits per heavy atom. The molecular weight excluding hydrogens is 344 g/mol. The minimum Gasteiger partial charge on any atom is -0.444 e. The highest BCUT2D eigenvalue weighted by atomic mass is 16.5. The molecule has 0 fully saturated rings. The number of nitrogens with one attached hydrogen (secondary N) is 2. The molecule has 0 bridgehead atoms. The van der Waals surface area contributed by atoms with Crippen LogP contribution in [0.15, 0.2) is 39.9 Å². The van der Waals surface area contributed by atoms with Gasteiger partial charge >= 0.3 is 0 Å². The van der Waals surface area contributed by atoms with Crippen LogP contribution in [0.5, 0.6) is 0 Å². The van der Waals surface area contributed by atoms with Gasteiger partial charge in [-0.15, -0.1) is 0 Å². The largest absolute Gasteiger partial charge is 0.444 e. The number of methoxy groups -OCH3 is 1. The minimum absolute atomic E-state index is 0.629. The van der Waals surface area contributed by atoms with E-state index in [1.165, 1.54) is 5.56 Å². The second-order valence-corrected chi connectivity index (χ2v) is 6.14. The predicted molar refractivity (Wildman–Crippen MR) is 107 cm³/mol. The van der Waals surface area contributed by atoms with Crippen LogP contribution in [0.2, 0.25) is 0 Å². The van der Waals surface area contributed by atoms with E-state index in [2.05, 4.69) is 39.7 Å². The lowest BCUT2D eigenvalue weighted by molar-refractivity contribution is 0.0698. The first-order valence-electron chi connectivity index (χ1n) is 9.25. The third-order valence-corrected chi connectivity index (χ3v) is 3.94. The van der Waals surface area contributed by atoms with Crippen molar-refractivity contribution in [3.63, 3.8) is 0 Å². The summed E-state index contributed by atoms with van der Waals surface area (Å²) >= 11 is 0. The summed E-state index contributed by atoms with van der Waals surface area (Å²) in [6, 6.07) is 8.15. The molecule has 0 atom stereocenters. The number of aliphatic imine (C=N–C) groups is 1. The standard InChI is InChI=1S/C20H30N4O3/c1-16-5-7-17(8-6-16)19-24-18(15-27-19)9-11-23-20(21-2)22-10-4-12-26-14-13-25-3/h5-8,15H,4,9-14H2,1-3H3,(H2,21,22,23). The van der Waals surface area contributed by atoms with Crippen molar-refractivity contribution >= 4 is 5.96 Å². The molecule has 2 aromatic rings. The van der Waals surface area contributed by atoms with Crippen LogP contribution >= 0.6 is 0 Å². The van der Waals surface area contributed by atoms with Crippen LogP contribution < -0.4 is 10.6 Å². The van der Waals surface area contributed by atoms with E-state index >= 15 is 0 Å². The maximum Gasteiger partial charge on any atom is 0.226 e. The maximum absolute atomic E-state index is 5.59. The van der Waals surface area contributed by atoms with E-state index in [1.54, 1.807) is 20.4 Å². The third kappa shape index (κ3) is 7.80. The molecule has 0 radical (unpaired) electrons. The van der Waals surface area contributed by atoms with Gasteiger partial charge in [-0.2, -0.15) is 0 Å². The number of rotatable bonds is 11. The van der Waals surface area contributed by atoms with Crippen molar-refractivity contribution in [2.24, 2.45) is 4.99 Å². The van der Waals surface area contributed by atoms with E-state index in [-0.39, 0.29) is 0 Å². The zero-order chi connectivity index (χ0) is 19.3. The number of oxazole rings is 1. The van der Waals surface area contributed by atoms with Gasteiger partial charge in [0.1, 0.15) is 6.26 Å². The lowest BCUT2D eigenvalue weighted by Crippen LogP contribution is -2.39. The lowest BCUT2D eigenvalue weighted by atomic mass is 10.1. The molecule has 0 aliphatic rings.